The van der Waals surface area contributed by atoms with E-state index in [0.29, 0.717) is 13.1 Å². The first-order valence-corrected chi connectivity index (χ1v) is 7.04. The van der Waals surface area contributed by atoms with Gasteiger partial charge in [0.2, 0.25) is 5.91 Å². The summed E-state index contributed by atoms with van der Waals surface area (Å²) in [6.45, 7) is 2.96. The smallest absolute Gasteiger partial charge is 0.243 e. The third kappa shape index (κ3) is 3.73. The van der Waals surface area contributed by atoms with E-state index >= 15 is 0 Å². The van der Waals surface area contributed by atoms with E-state index in [1.807, 2.05) is 31.2 Å². The zero-order valence-electron chi connectivity index (χ0n) is 12.2. The third-order valence-corrected chi connectivity index (χ3v) is 3.18. The molecule has 0 saturated heterocycles. The standard InChI is InChI=1S/C17H19N3O/c1-3-8-17(21)18-12-7-11-16-19-14-9-5-6-10-15(14)20(16)13-4-2/h2-3,5-6,8-10H,7,11-13H2,1H3,(H,18,21)/b8-3-. The number of aryl methyl sites for hydroxylation is 1. The summed E-state index contributed by atoms with van der Waals surface area (Å²) in [6.07, 6.45) is 10.3. The van der Waals surface area contributed by atoms with Crippen molar-refractivity contribution >= 4 is 16.9 Å². The average Bonchev–Trinajstić information content (AvgIpc) is 2.83. The number of terminal acetylenes is 1. The molecule has 4 heteroatoms. The topological polar surface area (TPSA) is 46.9 Å². The highest BCUT2D eigenvalue weighted by atomic mass is 16.1. The molecule has 1 aromatic carbocycles. The van der Waals surface area contributed by atoms with Crippen molar-refractivity contribution in [2.24, 2.45) is 0 Å². The molecule has 0 spiro atoms. The molecule has 0 aliphatic carbocycles. The van der Waals surface area contributed by atoms with E-state index in [9.17, 15) is 4.79 Å². The van der Waals surface area contributed by atoms with Crippen LogP contribution in [0.5, 0.6) is 0 Å². The number of para-hydroxylation sites is 2. The van der Waals surface area contributed by atoms with Crippen LogP contribution in [0.2, 0.25) is 0 Å². The largest absolute Gasteiger partial charge is 0.353 e. The van der Waals surface area contributed by atoms with Crippen LogP contribution in [-0.4, -0.2) is 22.0 Å². The van der Waals surface area contributed by atoms with Gasteiger partial charge >= 0.3 is 0 Å². The second kappa shape index (κ2) is 7.30. The molecule has 0 radical (unpaired) electrons. The molecule has 1 N–H and O–H groups in total. The van der Waals surface area contributed by atoms with Crippen LogP contribution in [0.3, 0.4) is 0 Å². The van der Waals surface area contributed by atoms with E-state index in [0.717, 1.165) is 29.7 Å². The van der Waals surface area contributed by atoms with E-state index in [4.69, 9.17) is 6.42 Å². The highest BCUT2D eigenvalue weighted by Gasteiger charge is 2.09. The number of imidazole rings is 1. The Bertz CT molecular complexity index is 692. The number of amides is 1. The van der Waals surface area contributed by atoms with Crippen molar-refractivity contribution in [3.05, 3.63) is 42.2 Å². The quantitative estimate of drug-likeness (QED) is 0.502. The number of hydrogen-bond donors (Lipinski definition) is 1. The number of rotatable bonds is 6. The first-order chi connectivity index (χ1) is 10.3. The van der Waals surface area contributed by atoms with Crippen LogP contribution in [0.25, 0.3) is 11.0 Å². The van der Waals surface area contributed by atoms with Crippen LogP contribution in [-0.2, 0) is 17.8 Å². The number of benzene rings is 1. The monoisotopic (exact) mass is 281 g/mol. The predicted molar refractivity (Wildman–Crippen MR) is 84.7 cm³/mol. The number of nitrogens with one attached hydrogen (secondary N) is 1. The van der Waals surface area contributed by atoms with Crippen molar-refractivity contribution in [1.29, 1.82) is 0 Å². The lowest BCUT2D eigenvalue weighted by atomic mass is 10.3. The van der Waals surface area contributed by atoms with Gasteiger partial charge in [0, 0.05) is 13.0 Å². The minimum absolute atomic E-state index is 0.0605. The molecule has 0 fully saturated rings. The maximum Gasteiger partial charge on any atom is 0.243 e. The van der Waals surface area contributed by atoms with Crippen LogP contribution in [0.1, 0.15) is 19.2 Å². The lowest BCUT2D eigenvalue weighted by Crippen LogP contribution is -2.22. The van der Waals surface area contributed by atoms with Crippen LogP contribution < -0.4 is 5.32 Å². The Hall–Kier alpha value is -2.54. The number of carbonyl (C=O) groups is 1. The van der Waals surface area contributed by atoms with Crippen LogP contribution >= 0.6 is 0 Å². The maximum atomic E-state index is 11.3. The van der Waals surface area contributed by atoms with E-state index in [-0.39, 0.29) is 5.91 Å². The first kappa shape index (κ1) is 14.9. The van der Waals surface area contributed by atoms with Crippen molar-refractivity contribution < 1.29 is 4.79 Å². The molecule has 0 aliphatic rings. The van der Waals surface area contributed by atoms with Gasteiger partial charge in [0.05, 0.1) is 17.6 Å². The van der Waals surface area contributed by atoms with Crippen LogP contribution in [0.15, 0.2) is 36.4 Å². The number of carbonyl (C=O) groups excluding carboxylic acids is 1. The molecule has 108 valence electrons. The van der Waals surface area contributed by atoms with Gasteiger partial charge in [-0.05, 0) is 31.6 Å². The fourth-order valence-corrected chi connectivity index (χ4v) is 2.25. The van der Waals surface area contributed by atoms with E-state index in [1.165, 1.54) is 6.08 Å². The van der Waals surface area contributed by atoms with Crippen LogP contribution in [0, 0.1) is 12.3 Å². The Kier molecular flexibility index (Phi) is 5.16. The summed E-state index contributed by atoms with van der Waals surface area (Å²) in [4.78, 5) is 15.9. The Balaban J connectivity index is 2.03. The van der Waals surface area contributed by atoms with Crippen molar-refractivity contribution in [2.75, 3.05) is 6.54 Å². The molecule has 0 aliphatic heterocycles. The summed E-state index contributed by atoms with van der Waals surface area (Å²) in [6, 6.07) is 7.96. The summed E-state index contributed by atoms with van der Waals surface area (Å²) in [5.74, 6) is 3.58. The van der Waals surface area contributed by atoms with Gasteiger partial charge in [-0.1, -0.05) is 24.1 Å². The van der Waals surface area contributed by atoms with Gasteiger partial charge in [0.25, 0.3) is 0 Å². The summed E-state index contributed by atoms with van der Waals surface area (Å²) in [7, 11) is 0. The first-order valence-electron chi connectivity index (χ1n) is 7.04. The zero-order valence-corrected chi connectivity index (χ0v) is 12.2. The molecule has 21 heavy (non-hydrogen) atoms. The minimum Gasteiger partial charge on any atom is -0.353 e. The highest BCUT2D eigenvalue weighted by molar-refractivity contribution is 5.87. The molecule has 0 atom stereocenters. The van der Waals surface area contributed by atoms with E-state index in [1.54, 1.807) is 6.08 Å². The van der Waals surface area contributed by atoms with Gasteiger partial charge in [-0.25, -0.2) is 4.98 Å². The maximum absolute atomic E-state index is 11.3. The summed E-state index contributed by atoms with van der Waals surface area (Å²) >= 11 is 0. The second-order valence-corrected chi connectivity index (χ2v) is 4.70. The molecule has 0 unspecified atom stereocenters. The van der Waals surface area contributed by atoms with Crippen molar-refractivity contribution in [2.45, 2.75) is 26.3 Å². The lowest BCUT2D eigenvalue weighted by molar-refractivity contribution is -0.116. The number of allylic oxidation sites excluding steroid dienone is 1. The molecule has 0 bridgehead atoms. The Labute approximate surface area is 124 Å². The van der Waals surface area contributed by atoms with Crippen molar-refractivity contribution in [3.8, 4) is 12.3 Å². The Morgan fingerprint density at radius 3 is 3.05 bits per heavy atom. The van der Waals surface area contributed by atoms with Gasteiger partial charge < -0.3 is 9.88 Å². The van der Waals surface area contributed by atoms with Gasteiger partial charge in [-0.2, -0.15) is 0 Å². The molecule has 1 heterocycles. The second-order valence-electron chi connectivity index (χ2n) is 4.70. The molecular formula is C17H19N3O. The normalized spacial score (nSPS) is 10.9. The molecule has 0 saturated carbocycles. The molecule has 1 aromatic heterocycles. The SMILES string of the molecule is C#CCn1c(CCCNC(=O)/C=C\C)nc2ccccc21. The number of aromatic nitrogens is 2. The molecule has 4 nitrogen and oxygen atoms in total. The molecule has 2 aromatic rings. The summed E-state index contributed by atoms with van der Waals surface area (Å²) in [5, 5.41) is 2.84. The van der Waals surface area contributed by atoms with Gasteiger partial charge in [0.15, 0.2) is 0 Å². The number of fused-ring (bicyclic) bond motifs is 1. The number of nitrogens with zero attached hydrogens (tertiary/aromatic N) is 2. The van der Waals surface area contributed by atoms with Crippen molar-refractivity contribution in [3.63, 3.8) is 0 Å². The Morgan fingerprint density at radius 1 is 1.48 bits per heavy atom. The highest BCUT2D eigenvalue weighted by Crippen LogP contribution is 2.16. The van der Waals surface area contributed by atoms with E-state index in [2.05, 4.69) is 20.8 Å². The van der Waals surface area contributed by atoms with Crippen molar-refractivity contribution in [1.82, 2.24) is 14.9 Å². The van der Waals surface area contributed by atoms with E-state index < -0.39 is 0 Å². The fourth-order valence-electron chi connectivity index (χ4n) is 2.25. The van der Waals surface area contributed by atoms with Gasteiger partial charge in [-0.3, -0.25) is 4.79 Å². The fraction of sp³-hybridized carbons (Fsp3) is 0.294. The van der Waals surface area contributed by atoms with Gasteiger partial charge in [0.1, 0.15) is 5.82 Å². The van der Waals surface area contributed by atoms with Gasteiger partial charge in [-0.15, -0.1) is 6.42 Å². The Morgan fingerprint density at radius 2 is 2.29 bits per heavy atom. The minimum atomic E-state index is -0.0605. The zero-order chi connectivity index (χ0) is 15.1. The molecular weight excluding hydrogens is 262 g/mol. The molecule has 1 amide bonds. The average molecular weight is 281 g/mol. The predicted octanol–water partition coefficient (Wildman–Crippen LogP) is 2.29. The number of hydrogen-bond acceptors (Lipinski definition) is 2. The lowest BCUT2D eigenvalue weighted by Gasteiger charge is -2.06. The van der Waals surface area contributed by atoms with Crippen LogP contribution in [0.4, 0.5) is 0 Å². The third-order valence-electron chi connectivity index (χ3n) is 3.18. The molecule has 2 rings (SSSR count). The summed E-state index contributed by atoms with van der Waals surface area (Å²) in [5.41, 5.74) is 2.02. The summed E-state index contributed by atoms with van der Waals surface area (Å²) < 4.78 is 2.06.